The second-order valence-corrected chi connectivity index (χ2v) is 9.45. The molecule has 3 aromatic rings. The van der Waals surface area contributed by atoms with Crippen molar-refractivity contribution in [1.82, 2.24) is 0 Å². The van der Waals surface area contributed by atoms with Crippen LogP contribution in [0.2, 0.25) is 15.1 Å². The van der Waals surface area contributed by atoms with Crippen molar-refractivity contribution in [2.45, 2.75) is 18.7 Å². The van der Waals surface area contributed by atoms with E-state index in [1.54, 1.807) is 26.2 Å². The summed E-state index contributed by atoms with van der Waals surface area (Å²) in [5, 5.41) is 19.8. The van der Waals surface area contributed by atoms with Gasteiger partial charge in [0.2, 0.25) is 0 Å². The fourth-order valence-corrected chi connectivity index (χ4v) is 3.79. The number of rotatable bonds is 8. The quantitative estimate of drug-likeness (QED) is 0.239. The van der Waals surface area contributed by atoms with Gasteiger partial charge in [0, 0.05) is 5.33 Å². The average Bonchev–Trinajstić information content (AvgIpc) is 2.90. The molecule has 206 valence electrons. The Morgan fingerprint density at radius 1 is 0.763 bits per heavy atom. The average molecular weight is 651 g/mol. The summed E-state index contributed by atoms with van der Waals surface area (Å²) in [6, 6.07) is 15.3. The van der Waals surface area contributed by atoms with Crippen LogP contribution >= 0.6 is 50.7 Å². The van der Waals surface area contributed by atoms with Crippen molar-refractivity contribution < 1.29 is 34.0 Å². The van der Waals surface area contributed by atoms with Crippen LogP contribution in [-0.2, 0) is 16.5 Å². The van der Waals surface area contributed by atoms with Crippen LogP contribution in [0.15, 0.2) is 54.6 Å². The second kappa shape index (κ2) is 17.0. The monoisotopic (exact) mass is 648 g/mol. The van der Waals surface area contributed by atoms with E-state index in [-0.39, 0.29) is 5.56 Å². The zero-order chi connectivity index (χ0) is 28.8. The molecule has 0 spiro atoms. The molecule has 0 bridgehead atoms. The minimum atomic E-state index is -0.995. The van der Waals surface area contributed by atoms with E-state index >= 15 is 0 Å². The summed E-state index contributed by atoms with van der Waals surface area (Å²) in [6.07, 6.45) is 0.475. The Labute approximate surface area is 245 Å². The fourth-order valence-electron chi connectivity index (χ4n) is 2.85. The Hall–Kier alpha value is -2.65. The van der Waals surface area contributed by atoms with E-state index in [1.807, 2.05) is 24.3 Å². The van der Waals surface area contributed by atoms with Gasteiger partial charge in [0.05, 0.1) is 47.9 Å². The SMILES string of the molecule is COc1cc(C(=O)O)ccc1Cl.COc1cc(CBr)ccc1Cl.COc1cc(CC(C)C(=O)O)ccc1Cl. The van der Waals surface area contributed by atoms with Crippen LogP contribution in [0.25, 0.3) is 0 Å². The lowest BCUT2D eigenvalue weighted by Gasteiger charge is -2.08. The van der Waals surface area contributed by atoms with Gasteiger partial charge in [-0.3, -0.25) is 4.79 Å². The van der Waals surface area contributed by atoms with Crippen molar-refractivity contribution in [3.63, 3.8) is 0 Å². The molecule has 0 radical (unpaired) electrons. The number of carboxylic acids is 2. The standard InChI is InChI=1S/C11H13ClO3.C8H8BrClO.C8H7ClO3/c1-7(11(13)14)5-8-3-4-9(12)10(6-8)15-2;1-11-8-4-6(5-9)2-3-7(8)10;1-12-7-4-5(8(10)11)2-3-6(7)9/h3-4,6-7H,5H2,1-2H3,(H,13,14);2-4H,5H2,1H3;2-4H,1H3,(H,10,11). The minimum Gasteiger partial charge on any atom is -0.495 e. The van der Waals surface area contributed by atoms with Crippen LogP contribution in [0.5, 0.6) is 17.2 Å². The predicted molar refractivity (Wildman–Crippen MR) is 154 cm³/mol. The number of hydrogen-bond acceptors (Lipinski definition) is 5. The molecule has 1 atom stereocenters. The molecule has 0 saturated heterocycles. The molecule has 11 heteroatoms. The molecule has 0 aliphatic heterocycles. The summed E-state index contributed by atoms with van der Waals surface area (Å²) in [7, 11) is 4.58. The number of alkyl halides is 1. The molecular weight excluding hydrogens is 623 g/mol. The lowest BCUT2D eigenvalue weighted by atomic mass is 10.0. The maximum Gasteiger partial charge on any atom is 0.335 e. The number of ether oxygens (including phenoxy) is 3. The highest BCUT2D eigenvalue weighted by atomic mass is 79.9. The van der Waals surface area contributed by atoms with Crippen LogP contribution in [0.4, 0.5) is 0 Å². The zero-order valence-electron chi connectivity index (χ0n) is 21.1. The lowest BCUT2D eigenvalue weighted by Crippen LogP contribution is -2.12. The molecule has 0 aliphatic rings. The van der Waals surface area contributed by atoms with Gasteiger partial charge in [-0.05, 0) is 60.0 Å². The topological polar surface area (TPSA) is 102 Å². The first-order valence-electron chi connectivity index (χ1n) is 11.0. The first-order chi connectivity index (χ1) is 18.0. The maximum absolute atomic E-state index is 10.7. The van der Waals surface area contributed by atoms with Gasteiger partial charge in [0.15, 0.2) is 0 Å². The Bertz CT molecular complexity index is 1220. The van der Waals surface area contributed by atoms with Crippen molar-refractivity contribution >= 4 is 62.7 Å². The number of carboxylic acid groups (broad SMARTS) is 2. The van der Waals surface area contributed by atoms with Crippen LogP contribution < -0.4 is 14.2 Å². The van der Waals surface area contributed by atoms with Crippen LogP contribution in [0.1, 0.15) is 28.4 Å². The van der Waals surface area contributed by atoms with Crippen molar-refractivity contribution in [1.29, 1.82) is 0 Å². The van der Waals surface area contributed by atoms with Crippen LogP contribution in [-0.4, -0.2) is 43.5 Å². The first-order valence-corrected chi connectivity index (χ1v) is 13.2. The van der Waals surface area contributed by atoms with Crippen LogP contribution in [0.3, 0.4) is 0 Å². The number of aliphatic carboxylic acids is 1. The molecule has 7 nitrogen and oxygen atoms in total. The second-order valence-electron chi connectivity index (χ2n) is 7.67. The van der Waals surface area contributed by atoms with Gasteiger partial charge in [-0.2, -0.15) is 0 Å². The summed E-state index contributed by atoms with van der Waals surface area (Å²) in [5.41, 5.74) is 2.23. The van der Waals surface area contributed by atoms with Crippen molar-refractivity contribution in [3.8, 4) is 17.2 Å². The van der Waals surface area contributed by atoms with E-state index in [2.05, 4.69) is 15.9 Å². The van der Waals surface area contributed by atoms with Gasteiger partial charge in [-0.25, -0.2) is 4.79 Å². The van der Waals surface area contributed by atoms with Gasteiger partial charge in [0.1, 0.15) is 17.2 Å². The van der Waals surface area contributed by atoms with Crippen LogP contribution in [0, 0.1) is 5.92 Å². The molecule has 0 heterocycles. The summed E-state index contributed by atoms with van der Waals surface area (Å²) in [5.74, 6) is -0.531. The van der Waals surface area contributed by atoms with E-state index in [0.717, 1.165) is 22.2 Å². The molecule has 0 amide bonds. The molecule has 0 saturated carbocycles. The highest BCUT2D eigenvalue weighted by Gasteiger charge is 2.12. The molecule has 3 rings (SSSR count). The molecule has 2 N–H and O–H groups in total. The van der Waals surface area contributed by atoms with Gasteiger partial charge >= 0.3 is 11.9 Å². The third-order valence-electron chi connectivity index (χ3n) is 4.95. The van der Waals surface area contributed by atoms with Gasteiger partial charge < -0.3 is 24.4 Å². The molecule has 0 aromatic heterocycles. The maximum atomic E-state index is 10.7. The Balaban J connectivity index is 0.000000289. The van der Waals surface area contributed by atoms with E-state index in [9.17, 15) is 9.59 Å². The smallest absolute Gasteiger partial charge is 0.335 e. The van der Waals surface area contributed by atoms with Crippen molar-refractivity contribution in [2.24, 2.45) is 5.92 Å². The predicted octanol–water partition coefficient (Wildman–Crippen LogP) is 7.90. The van der Waals surface area contributed by atoms with Gasteiger partial charge in [-0.15, -0.1) is 0 Å². The third kappa shape index (κ3) is 11.0. The van der Waals surface area contributed by atoms with E-state index in [1.165, 1.54) is 32.4 Å². The number of hydrogen-bond donors (Lipinski definition) is 2. The van der Waals surface area contributed by atoms with Crippen molar-refractivity contribution in [2.75, 3.05) is 21.3 Å². The Morgan fingerprint density at radius 2 is 1.18 bits per heavy atom. The first kappa shape index (κ1) is 33.4. The van der Waals surface area contributed by atoms with E-state index < -0.39 is 17.9 Å². The van der Waals surface area contributed by atoms with Gasteiger partial charge in [-0.1, -0.05) is 69.8 Å². The molecule has 1 unspecified atom stereocenters. The van der Waals surface area contributed by atoms with E-state index in [4.69, 9.17) is 59.2 Å². The fraction of sp³-hybridized carbons (Fsp3) is 0.259. The number of halogens is 4. The normalized spacial score (nSPS) is 10.6. The number of methoxy groups -OCH3 is 3. The molecule has 38 heavy (non-hydrogen) atoms. The summed E-state index contributed by atoms with van der Waals surface area (Å²) in [4.78, 5) is 21.1. The van der Waals surface area contributed by atoms with Crippen molar-refractivity contribution in [3.05, 3.63) is 86.4 Å². The minimum absolute atomic E-state index is 0.163. The highest BCUT2D eigenvalue weighted by molar-refractivity contribution is 9.08. The summed E-state index contributed by atoms with van der Waals surface area (Å²) >= 11 is 20.7. The lowest BCUT2D eigenvalue weighted by molar-refractivity contribution is -0.141. The zero-order valence-corrected chi connectivity index (χ0v) is 25.0. The Morgan fingerprint density at radius 3 is 1.61 bits per heavy atom. The molecule has 0 aliphatic carbocycles. The molecule has 0 fully saturated rings. The number of carbonyl (C=O) groups is 2. The molecular formula is C27H28BrCl3O7. The Kier molecular flexibility index (Phi) is 15.0. The highest BCUT2D eigenvalue weighted by Crippen LogP contribution is 2.27. The van der Waals surface area contributed by atoms with E-state index in [0.29, 0.717) is 33.0 Å². The number of aromatic carboxylic acids is 1. The van der Waals surface area contributed by atoms with Gasteiger partial charge in [0.25, 0.3) is 0 Å². The number of benzene rings is 3. The largest absolute Gasteiger partial charge is 0.495 e. The summed E-state index contributed by atoms with van der Waals surface area (Å²) < 4.78 is 14.9. The molecule has 3 aromatic carbocycles. The third-order valence-corrected chi connectivity index (χ3v) is 6.53. The summed E-state index contributed by atoms with van der Waals surface area (Å²) in [6.45, 7) is 1.67.